The van der Waals surface area contributed by atoms with Gasteiger partial charge in [0.05, 0.1) is 14.2 Å². The Hall–Kier alpha value is -2.16. The fourth-order valence-corrected chi connectivity index (χ4v) is 2.67. The molecule has 0 aromatic heterocycles. The summed E-state index contributed by atoms with van der Waals surface area (Å²) in [6.45, 7) is 2.09. The molecule has 2 aromatic carbocycles. The highest BCUT2D eigenvalue weighted by atomic mass is 16.5. The van der Waals surface area contributed by atoms with E-state index in [9.17, 15) is 0 Å². The molecule has 1 aliphatic heterocycles. The van der Waals surface area contributed by atoms with Crippen LogP contribution in [0.4, 0.5) is 0 Å². The second-order valence-electron chi connectivity index (χ2n) is 4.99. The van der Waals surface area contributed by atoms with Gasteiger partial charge in [0.2, 0.25) is 0 Å². The van der Waals surface area contributed by atoms with E-state index < -0.39 is 0 Å². The molecule has 1 unspecified atom stereocenters. The van der Waals surface area contributed by atoms with Crippen LogP contribution in [-0.2, 0) is 6.42 Å². The Balaban J connectivity index is 2.13. The normalized spacial score (nSPS) is 16.4. The van der Waals surface area contributed by atoms with Crippen molar-refractivity contribution in [2.75, 3.05) is 14.2 Å². The molecule has 0 spiro atoms. The maximum atomic E-state index is 5.96. The van der Waals surface area contributed by atoms with Crippen LogP contribution in [0.2, 0.25) is 0 Å². The van der Waals surface area contributed by atoms with Crippen molar-refractivity contribution in [3.63, 3.8) is 0 Å². The van der Waals surface area contributed by atoms with Gasteiger partial charge < -0.3 is 14.2 Å². The Morgan fingerprint density at radius 3 is 2.65 bits per heavy atom. The Kier molecular flexibility index (Phi) is 3.26. The Morgan fingerprint density at radius 2 is 1.90 bits per heavy atom. The van der Waals surface area contributed by atoms with Crippen LogP contribution in [-0.4, -0.2) is 20.3 Å². The van der Waals surface area contributed by atoms with E-state index in [0.717, 1.165) is 34.8 Å². The van der Waals surface area contributed by atoms with Gasteiger partial charge in [0.15, 0.2) is 0 Å². The van der Waals surface area contributed by atoms with Gasteiger partial charge in [0, 0.05) is 23.6 Å². The minimum Gasteiger partial charge on any atom is -0.497 e. The lowest BCUT2D eigenvalue weighted by molar-refractivity contribution is 0.255. The van der Waals surface area contributed by atoms with Crippen LogP contribution in [0.25, 0.3) is 11.1 Å². The van der Waals surface area contributed by atoms with E-state index in [-0.39, 0.29) is 6.10 Å². The summed E-state index contributed by atoms with van der Waals surface area (Å²) in [5.74, 6) is 2.55. The first-order chi connectivity index (χ1) is 9.72. The number of fused-ring (bicyclic) bond motifs is 1. The summed E-state index contributed by atoms with van der Waals surface area (Å²) in [6.07, 6.45) is 1.19. The molecule has 20 heavy (non-hydrogen) atoms. The lowest BCUT2D eigenvalue weighted by Crippen LogP contribution is -2.05. The number of ether oxygens (including phenoxy) is 3. The molecular weight excluding hydrogens is 252 g/mol. The lowest BCUT2D eigenvalue weighted by Gasteiger charge is -2.14. The smallest absolute Gasteiger partial charge is 0.131 e. The number of para-hydroxylation sites is 1. The van der Waals surface area contributed by atoms with Crippen LogP contribution in [0.15, 0.2) is 36.4 Å². The molecule has 0 amide bonds. The number of hydrogen-bond donors (Lipinski definition) is 0. The van der Waals surface area contributed by atoms with Gasteiger partial charge in [-0.05, 0) is 24.6 Å². The molecule has 1 heterocycles. The number of hydrogen-bond acceptors (Lipinski definition) is 3. The van der Waals surface area contributed by atoms with Crippen LogP contribution in [0.5, 0.6) is 17.2 Å². The van der Waals surface area contributed by atoms with Crippen LogP contribution in [0.1, 0.15) is 12.5 Å². The number of methoxy groups -OCH3 is 2. The zero-order valence-electron chi connectivity index (χ0n) is 12.0. The molecule has 3 nitrogen and oxygen atoms in total. The van der Waals surface area contributed by atoms with Crippen LogP contribution < -0.4 is 14.2 Å². The predicted octanol–water partition coefficient (Wildman–Crippen LogP) is 3.69. The van der Waals surface area contributed by atoms with Gasteiger partial charge in [0.25, 0.3) is 0 Å². The highest BCUT2D eigenvalue weighted by Gasteiger charge is 2.23. The van der Waals surface area contributed by atoms with Gasteiger partial charge >= 0.3 is 0 Å². The molecular formula is C17H18O3. The van der Waals surface area contributed by atoms with Crippen molar-refractivity contribution in [1.29, 1.82) is 0 Å². The van der Waals surface area contributed by atoms with Gasteiger partial charge in [-0.1, -0.05) is 18.2 Å². The molecule has 0 radical (unpaired) electrons. The van der Waals surface area contributed by atoms with Crippen molar-refractivity contribution >= 4 is 0 Å². The SMILES string of the molecule is COc1ccc(-c2cccc3c2OC(C)C3)c(OC)c1. The fraction of sp³-hybridized carbons (Fsp3) is 0.294. The molecule has 0 saturated carbocycles. The standard InChI is InChI=1S/C17H18O3/c1-11-9-12-5-4-6-15(17(12)20-11)14-8-7-13(18-2)10-16(14)19-3/h4-8,10-11H,9H2,1-3H3. The Bertz CT molecular complexity index is 634. The summed E-state index contributed by atoms with van der Waals surface area (Å²) in [5, 5.41) is 0. The van der Waals surface area contributed by atoms with E-state index in [0.29, 0.717) is 0 Å². The molecule has 1 atom stereocenters. The van der Waals surface area contributed by atoms with E-state index in [1.807, 2.05) is 18.2 Å². The third kappa shape index (κ3) is 2.09. The second kappa shape index (κ2) is 5.08. The summed E-state index contributed by atoms with van der Waals surface area (Å²) in [7, 11) is 3.32. The highest BCUT2D eigenvalue weighted by Crippen LogP contribution is 2.43. The van der Waals surface area contributed by atoms with Gasteiger partial charge in [-0.2, -0.15) is 0 Å². The Morgan fingerprint density at radius 1 is 1.05 bits per heavy atom. The molecule has 1 aliphatic rings. The molecule has 0 aliphatic carbocycles. The zero-order chi connectivity index (χ0) is 14.1. The average molecular weight is 270 g/mol. The largest absolute Gasteiger partial charge is 0.497 e. The number of rotatable bonds is 3. The molecule has 2 aromatic rings. The summed E-state index contributed by atoms with van der Waals surface area (Å²) in [4.78, 5) is 0. The minimum absolute atomic E-state index is 0.232. The van der Waals surface area contributed by atoms with E-state index in [1.165, 1.54) is 5.56 Å². The first-order valence-corrected chi connectivity index (χ1v) is 6.74. The maximum absolute atomic E-state index is 5.96. The monoisotopic (exact) mass is 270 g/mol. The topological polar surface area (TPSA) is 27.7 Å². The minimum atomic E-state index is 0.232. The molecule has 0 saturated heterocycles. The van der Waals surface area contributed by atoms with Crippen molar-refractivity contribution in [1.82, 2.24) is 0 Å². The summed E-state index contributed by atoms with van der Waals surface area (Å²) in [5.41, 5.74) is 3.36. The average Bonchev–Trinajstić information content (AvgIpc) is 2.86. The summed E-state index contributed by atoms with van der Waals surface area (Å²) < 4.78 is 16.7. The molecule has 3 heteroatoms. The molecule has 3 rings (SSSR count). The van der Waals surface area contributed by atoms with Gasteiger partial charge in [0.1, 0.15) is 23.4 Å². The molecule has 104 valence electrons. The lowest BCUT2D eigenvalue weighted by atomic mass is 10.00. The summed E-state index contributed by atoms with van der Waals surface area (Å²) in [6, 6.07) is 12.1. The second-order valence-corrected chi connectivity index (χ2v) is 4.99. The molecule has 0 bridgehead atoms. The quantitative estimate of drug-likeness (QED) is 0.851. The van der Waals surface area contributed by atoms with Crippen LogP contribution in [0.3, 0.4) is 0 Å². The van der Waals surface area contributed by atoms with Crippen molar-refractivity contribution in [2.24, 2.45) is 0 Å². The fourth-order valence-electron chi connectivity index (χ4n) is 2.67. The third-order valence-electron chi connectivity index (χ3n) is 3.62. The van der Waals surface area contributed by atoms with Crippen molar-refractivity contribution in [3.8, 4) is 28.4 Å². The predicted molar refractivity (Wildman–Crippen MR) is 78.8 cm³/mol. The van der Waals surface area contributed by atoms with Crippen molar-refractivity contribution in [3.05, 3.63) is 42.0 Å². The van der Waals surface area contributed by atoms with Crippen molar-refractivity contribution in [2.45, 2.75) is 19.4 Å². The first kappa shape index (κ1) is 12.9. The number of benzene rings is 2. The first-order valence-electron chi connectivity index (χ1n) is 6.74. The van der Waals surface area contributed by atoms with E-state index in [2.05, 4.69) is 25.1 Å². The van der Waals surface area contributed by atoms with Crippen LogP contribution >= 0.6 is 0 Å². The van der Waals surface area contributed by atoms with E-state index in [4.69, 9.17) is 14.2 Å². The molecule has 0 N–H and O–H groups in total. The summed E-state index contributed by atoms with van der Waals surface area (Å²) >= 11 is 0. The van der Waals surface area contributed by atoms with Gasteiger partial charge in [-0.25, -0.2) is 0 Å². The Labute approximate surface area is 119 Å². The van der Waals surface area contributed by atoms with Gasteiger partial charge in [-0.3, -0.25) is 0 Å². The van der Waals surface area contributed by atoms with Gasteiger partial charge in [-0.15, -0.1) is 0 Å². The highest BCUT2D eigenvalue weighted by molar-refractivity contribution is 5.78. The maximum Gasteiger partial charge on any atom is 0.131 e. The third-order valence-corrected chi connectivity index (χ3v) is 3.62. The van der Waals surface area contributed by atoms with Crippen molar-refractivity contribution < 1.29 is 14.2 Å². The molecule has 0 fully saturated rings. The van der Waals surface area contributed by atoms with E-state index in [1.54, 1.807) is 14.2 Å². The zero-order valence-corrected chi connectivity index (χ0v) is 12.0. The van der Waals surface area contributed by atoms with Crippen LogP contribution in [0, 0.1) is 0 Å². The van der Waals surface area contributed by atoms with E-state index >= 15 is 0 Å².